The predicted molar refractivity (Wildman–Crippen MR) is 119 cm³/mol. The largest absolute Gasteiger partial charge is 0.451 e. The van der Waals surface area contributed by atoms with Gasteiger partial charge in [-0.25, -0.2) is 4.79 Å². The summed E-state index contributed by atoms with van der Waals surface area (Å²) < 4.78 is 12.1. The first-order chi connectivity index (χ1) is 16.0. The quantitative estimate of drug-likeness (QED) is 0.282. The monoisotopic (exact) mass is 493 g/mol. The van der Waals surface area contributed by atoms with Crippen LogP contribution in [0.2, 0.25) is 0 Å². The van der Waals surface area contributed by atoms with Crippen LogP contribution in [0.5, 0.6) is 0 Å². The van der Waals surface area contributed by atoms with E-state index in [4.69, 9.17) is 9.47 Å². The summed E-state index contributed by atoms with van der Waals surface area (Å²) in [5.41, 5.74) is -15.2. The van der Waals surface area contributed by atoms with Gasteiger partial charge in [-0.15, -0.1) is 0 Å². The molecule has 0 unspecified atom stereocenters. The van der Waals surface area contributed by atoms with E-state index in [1.54, 1.807) is 26.8 Å². The van der Waals surface area contributed by atoms with E-state index in [9.17, 15) is 35.4 Å². The molecule has 6 bridgehead atoms. The van der Waals surface area contributed by atoms with Crippen molar-refractivity contribution in [3.05, 3.63) is 24.0 Å². The third-order valence-electron chi connectivity index (χ3n) is 11.3. The third-order valence-corrected chi connectivity index (χ3v) is 11.3. The molecular formula is C25H35NO9. The van der Waals surface area contributed by atoms with Crippen LogP contribution in [0, 0.1) is 22.7 Å². The summed E-state index contributed by atoms with van der Waals surface area (Å²) in [5, 5.41) is 73.9. The molecule has 7 rings (SSSR count). The molecule has 194 valence electrons. The Morgan fingerprint density at radius 2 is 1.86 bits per heavy atom. The van der Waals surface area contributed by atoms with Gasteiger partial charge < -0.3 is 45.1 Å². The first-order valence-corrected chi connectivity index (χ1v) is 12.4. The van der Waals surface area contributed by atoms with Crippen molar-refractivity contribution in [1.82, 2.24) is 4.98 Å². The Kier molecular flexibility index (Phi) is 4.06. The van der Waals surface area contributed by atoms with Crippen LogP contribution >= 0.6 is 0 Å². The fourth-order valence-corrected chi connectivity index (χ4v) is 9.56. The maximum atomic E-state index is 13.2. The number of aliphatic hydroxyl groups is 6. The summed E-state index contributed by atoms with van der Waals surface area (Å²) in [5.74, 6) is -4.34. The van der Waals surface area contributed by atoms with Crippen LogP contribution in [0.1, 0.15) is 64.4 Å². The molecule has 6 fully saturated rings. The van der Waals surface area contributed by atoms with Gasteiger partial charge in [0, 0.05) is 18.0 Å². The molecule has 0 amide bonds. The number of carbonyl (C=O) groups is 1. The summed E-state index contributed by atoms with van der Waals surface area (Å²) in [4.78, 5) is 15.9. The Hall–Kier alpha value is -1.53. The van der Waals surface area contributed by atoms with Crippen LogP contribution in [0.25, 0.3) is 0 Å². The van der Waals surface area contributed by atoms with E-state index in [1.165, 1.54) is 26.1 Å². The minimum Gasteiger partial charge on any atom is -0.451 e. The molecule has 10 heteroatoms. The van der Waals surface area contributed by atoms with Gasteiger partial charge in [0.15, 0.2) is 17.5 Å². The summed E-state index contributed by atoms with van der Waals surface area (Å²) in [6.45, 7) is 7.91. The number of aromatic amines is 1. The first kappa shape index (κ1) is 23.8. The molecule has 0 aromatic carbocycles. The summed E-state index contributed by atoms with van der Waals surface area (Å²) in [7, 11) is 0. The first-order valence-electron chi connectivity index (χ1n) is 12.4. The molecule has 2 aliphatic heterocycles. The summed E-state index contributed by atoms with van der Waals surface area (Å²) >= 11 is 0. The highest BCUT2D eigenvalue weighted by molar-refractivity contribution is 5.87. The third kappa shape index (κ3) is 1.74. The number of aliphatic hydroxyl groups excluding tert-OH is 1. The number of nitrogens with one attached hydrogen (secondary N) is 1. The lowest BCUT2D eigenvalue weighted by molar-refractivity contribution is -0.390. The number of hydrogen-bond donors (Lipinski definition) is 7. The van der Waals surface area contributed by atoms with Crippen molar-refractivity contribution >= 4 is 5.97 Å². The van der Waals surface area contributed by atoms with Gasteiger partial charge in [-0.1, -0.05) is 27.7 Å². The van der Waals surface area contributed by atoms with E-state index in [0.29, 0.717) is 6.42 Å². The predicted octanol–water partition coefficient (Wildman–Crippen LogP) is -0.188. The number of rotatable bonds is 3. The zero-order chi connectivity index (χ0) is 25.8. The van der Waals surface area contributed by atoms with E-state index in [1.807, 2.05) is 0 Å². The summed E-state index contributed by atoms with van der Waals surface area (Å²) in [6.07, 6.45) is -1.63. The lowest BCUT2D eigenvalue weighted by Gasteiger charge is -2.60. The normalized spacial score (nSPS) is 59.8. The lowest BCUT2D eigenvalue weighted by Crippen LogP contribution is -2.75. The molecule has 4 saturated carbocycles. The molecular weight excluding hydrogens is 458 g/mol. The number of aromatic nitrogens is 1. The van der Waals surface area contributed by atoms with E-state index in [2.05, 4.69) is 4.98 Å². The summed E-state index contributed by atoms with van der Waals surface area (Å²) in [6, 6.07) is 3.06. The van der Waals surface area contributed by atoms with E-state index >= 15 is 0 Å². The van der Waals surface area contributed by atoms with Crippen molar-refractivity contribution in [3.8, 4) is 0 Å². The Bertz CT molecular complexity index is 1130. The number of esters is 1. The van der Waals surface area contributed by atoms with Crippen molar-refractivity contribution < 1.29 is 44.9 Å². The van der Waals surface area contributed by atoms with E-state index in [0.717, 1.165) is 0 Å². The standard InChI is InChI=1S/C25H35NO9/c1-12(2)22(31)17(34-16(28)14-7-6-10-26-14)23(32)18(4)11-21(30)19(22,5)25(23,33)24(35-21)15(27)13(3)8-9-20(18,24)29/h6-7,10,12-13,15,17,26-27,29-33H,8-9,11H2,1-5H3/t13-,15-,17-,18+,19-,20+,21+,22-,23-,24-,25-/m1/s1. The molecule has 2 saturated heterocycles. The lowest BCUT2D eigenvalue weighted by atomic mass is 9.52. The molecule has 3 heterocycles. The Balaban J connectivity index is 1.69. The highest BCUT2D eigenvalue weighted by Crippen LogP contribution is 2.90. The minimum absolute atomic E-state index is 0.0654. The average Bonchev–Trinajstić information content (AvgIpc) is 3.41. The van der Waals surface area contributed by atoms with Gasteiger partial charge in [0.2, 0.25) is 0 Å². The Morgan fingerprint density at radius 3 is 2.43 bits per heavy atom. The molecule has 1 spiro atoms. The average molecular weight is 494 g/mol. The number of carbonyl (C=O) groups excluding carboxylic acids is 1. The van der Waals surface area contributed by atoms with Gasteiger partial charge in [0.25, 0.3) is 0 Å². The van der Waals surface area contributed by atoms with Crippen molar-refractivity contribution in [1.29, 1.82) is 0 Å². The zero-order valence-corrected chi connectivity index (χ0v) is 20.6. The highest BCUT2D eigenvalue weighted by atomic mass is 16.7. The maximum absolute atomic E-state index is 13.2. The smallest absolute Gasteiger partial charge is 0.355 e. The maximum Gasteiger partial charge on any atom is 0.355 e. The topological polar surface area (TPSA) is 173 Å². The van der Waals surface area contributed by atoms with Crippen molar-refractivity contribution in [3.63, 3.8) is 0 Å². The number of hydrogen-bond acceptors (Lipinski definition) is 9. The van der Waals surface area contributed by atoms with Crippen LogP contribution in [0.4, 0.5) is 0 Å². The van der Waals surface area contributed by atoms with Crippen molar-refractivity contribution in [2.45, 2.75) is 99.9 Å². The Labute approximate surface area is 202 Å². The van der Waals surface area contributed by atoms with Gasteiger partial charge in [-0.2, -0.15) is 0 Å². The molecule has 1 aromatic rings. The fourth-order valence-electron chi connectivity index (χ4n) is 9.56. The highest BCUT2D eigenvalue weighted by Gasteiger charge is 3.10. The number of ether oxygens (including phenoxy) is 2. The van der Waals surface area contributed by atoms with Crippen molar-refractivity contribution in [2.24, 2.45) is 22.7 Å². The van der Waals surface area contributed by atoms with Crippen LogP contribution < -0.4 is 0 Å². The van der Waals surface area contributed by atoms with Gasteiger partial charge in [0.1, 0.15) is 28.1 Å². The van der Waals surface area contributed by atoms with E-state index < -0.39 is 74.6 Å². The molecule has 35 heavy (non-hydrogen) atoms. The second kappa shape index (κ2) is 5.96. The number of H-pyrrole nitrogens is 1. The van der Waals surface area contributed by atoms with Crippen LogP contribution in [0.3, 0.4) is 0 Å². The molecule has 10 nitrogen and oxygen atoms in total. The zero-order valence-electron chi connectivity index (χ0n) is 20.6. The SMILES string of the molecule is CC(C)[C@@]1(O)[C@@H](OC(=O)c2ccc[nH]2)[C@@]2(O)[C@@]3(C)C[C@]4(O)O[C@@]5([C@H](O)[C@H](C)CC[C@]35O)[C@@]2(O)[C@@]14C. The van der Waals surface area contributed by atoms with Crippen LogP contribution in [-0.2, 0) is 9.47 Å². The molecule has 0 radical (unpaired) electrons. The van der Waals surface area contributed by atoms with Gasteiger partial charge >= 0.3 is 5.97 Å². The van der Waals surface area contributed by atoms with Gasteiger partial charge in [0.05, 0.1) is 11.5 Å². The minimum atomic E-state index is -2.59. The second-order valence-electron chi connectivity index (χ2n) is 12.4. The Morgan fingerprint density at radius 1 is 1.20 bits per heavy atom. The molecule has 4 aliphatic carbocycles. The molecule has 7 N–H and O–H groups in total. The fraction of sp³-hybridized carbons (Fsp3) is 0.800. The van der Waals surface area contributed by atoms with Gasteiger partial charge in [-0.05, 0) is 43.7 Å². The van der Waals surface area contributed by atoms with Crippen LogP contribution in [0.15, 0.2) is 18.3 Å². The molecule has 6 aliphatic rings. The second-order valence-corrected chi connectivity index (χ2v) is 12.4. The van der Waals surface area contributed by atoms with Crippen molar-refractivity contribution in [2.75, 3.05) is 0 Å². The van der Waals surface area contributed by atoms with Gasteiger partial charge in [-0.3, -0.25) is 0 Å². The molecule has 1 aromatic heterocycles. The molecule has 11 atom stereocenters. The van der Waals surface area contributed by atoms with Crippen LogP contribution in [-0.4, -0.2) is 87.6 Å². The van der Waals surface area contributed by atoms with E-state index in [-0.39, 0.29) is 18.5 Å².